The van der Waals surface area contributed by atoms with Crippen LogP contribution in [-0.2, 0) is 6.54 Å². The molecule has 0 saturated carbocycles. The molecule has 1 amide bonds. The largest absolute Gasteiger partial charge is 0.325 e. The number of aromatic nitrogens is 4. The molecule has 0 bridgehead atoms. The van der Waals surface area contributed by atoms with Gasteiger partial charge in [0.2, 0.25) is 0 Å². The van der Waals surface area contributed by atoms with Gasteiger partial charge in [-0.05, 0) is 18.2 Å². The average Bonchev–Trinajstić information content (AvgIpc) is 3.18. The predicted molar refractivity (Wildman–Crippen MR) is 91.2 cm³/mol. The second-order valence-electron chi connectivity index (χ2n) is 5.29. The molecule has 1 aliphatic heterocycles. The number of aromatic amines is 1. The van der Waals surface area contributed by atoms with Crippen LogP contribution >= 0.6 is 11.8 Å². The zero-order valence-corrected chi connectivity index (χ0v) is 13.3. The van der Waals surface area contributed by atoms with E-state index in [1.165, 1.54) is 12.1 Å². The Balaban J connectivity index is 1.50. The minimum Gasteiger partial charge on any atom is -0.325 e. The zero-order valence-electron chi connectivity index (χ0n) is 12.5. The highest BCUT2D eigenvalue weighted by atomic mass is 32.2. The lowest BCUT2D eigenvalue weighted by Gasteiger charge is -2.05. The first-order chi connectivity index (χ1) is 11.7. The number of fused-ring (bicyclic) bond motifs is 1. The van der Waals surface area contributed by atoms with Crippen molar-refractivity contribution in [2.75, 3.05) is 11.1 Å². The van der Waals surface area contributed by atoms with E-state index >= 15 is 0 Å². The Bertz CT molecular complexity index is 919. The van der Waals surface area contributed by atoms with Gasteiger partial charge in [0, 0.05) is 35.8 Å². The average molecular weight is 339 g/mol. The predicted octanol–water partition coefficient (Wildman–Crippen LogP) is 1.99. The first-order valence-electron chi connectivity index (χ1n) is 7.36. The molecule has 24 heavy (non-hydrogen) atoms. The van der Waals surface area contributed by atoms with Gasteiger partial charge in [-0.25, -0.2) is 10.1 Å². The fraction of sp³-hybridized carbons (Fsp3) is 0.125. The van der Waals surface area contributed by atoms with E-state index in [0.717, 1.165) is 28.7 Å². The molecule has 2 N–H and O–H groups in total. The van der Waals surface area contributed by atoms with E-state index in [0.29, 0.717) is 5.69 Å². The summed E-state index contributed by atoms with van der Waals surface area (Å²) in [6.45, 7) is 0.993. The number of hydrogen-bond acceptors (Lipinski definition) is 5. The highest BCUT2D eigenvalue weighted by Crippen LogP contribution is 2.29. The fourth-order valence-corrected chi connectivity index (χ4v) is 3.38. The zero-order chi connectivity index (χ0) is 16.5. The molecule has 3 heterocycles. The number of nitrogens with zero attached hydrogens (tertiary/aromatic N) is 3. The number of benzene rings is 1. The number of rotatable bonds is 3. The van der Waals surface area contributed by atoms with Crippen LogP contribution in [0.15, 0.2) is 52.5 Å². The summed E-state index contributed by atoms with van der Waals surface area (Å²) >= 11 is 1.76. The van der Waals surface area contributed by atoms with E-state index in [-0.39, 0.29) is 17.2 Å². The molecule has 0 unspecified atom stereocenters. The van der Waals surface area contributed by atoms with Crippen molar-refractivity contribution in [3.63, 3.8) is 0 Å². The molecular weight excluding hydrogens is 326 g/mol. The number of aryl methyl sites for hydroxylation is 1. The van der Waals surface area contributed by atoms with Crippen molar-refractivity contribution in [1.29, 1.82) is 0 Å². The summed E-state index contributed by atoms with van der Waals surface area (Å²) < 4.78 is 2.15. The quantitative estimate of drug-likeness (QED) is 0.761. The van der Waals surface area contributed by atoms with E-state index < -0.39 is 0 Å². The standard InChI is InChI=1S/C16H13N5O2S/c22-14-6-5-12(19-20-14)15(23)17-11-3-1-10(2-4-11)13-9-21-7-8-24-16(21)18-13/h1-6,9H,7-8H2,(H,17,23)(H,20,22). The molecule has 0 atom stereocenters. The summed E-state index contributed by atoms with van der Waals surface area (Å²) in [6.07, 6.45) is 2.05. The summed E-state index contributed by atoms with van der Waals surface area (Å²) in [6, 6.07) is 10.1. The molecule has 8 heteroatoms. The van der Waals surface area contributed by atoms with Crippen LogP contribution in [-0.4, -0.2) is 31.4 Å². The molecule has 7 nitrogen and oxygen atoms in total. The van der Waals surface area contributed by atoms with E-state index in [1.807, 2.05) is 30.5 Å². The van der Waals surface area contributed by atoms with E-state index in [2.05, 4.69) is 25.1 Å². The van der Waals surface area contributed by atoms with Gasteiger partial charge in [-0.3, -0.25) is 9.59 Å². The SMILES string of the molecule is O=C(Nc1ccc(-c2cn3c(n2)SCC3)cc1)c1ccc(=O)[nH]n1. The van der Waals surface area contributed by atoms with E-state index in [4.69, 9.17) is 0 Å². The topological polar surface area (TPSA) is 92.7 Å². The molecule has 0 spiro atoms. The Morgan fingerprint density at radius 3 is 2.75 bits per heavy atom. The third-order valence-electron chi connectivity index (χ3n) is 3.65. The summed E-state index contributed by atoms with van der Waals surface area (Å²) in [5.41, 5.74) is 2.38. The van der Waals surface area contributed by atoms with Gasteiger partial charge in [-0.15, -0.1) is 0 Å². The molecule has 0 fully saturated rings. The molecule has 0 saturated heterocycles. The van der Waals surface area contributed by atoms with E-state index in [9.17, 15) is 9.59 Å². The Labute approximate surface area is 141 Å². The summed E-state index contributed by atoms with van der Waals surface area (Å²) in [7, 11) is 0. The highest BCUT2D eigenvalue weighted by Gasteiger charge is 2.15. The van der Waals surface area contributed by atoms with Crippen molar-refractivity contribution < 1.29 is 4.79 Å². The van der Waals surface area contributed by atoms with Crippen molar-refractivity contribution in [2.24, 2.45) is 0 Å². The normalized spacial score (nSPS) is 12.8. The molecule has 4 rings (SSSR count). The van der Waals surface area contributed by atoms with Crippen molar-refractivity contribution in [3.8, 4) is 11.3 Å². The van der Waals surface area contributed by atoms with Gasteiger partial charge in [0.25, 0.3) is 11.5 Å². The Hall–Kier alpha value is -2.87. The van der Waals surface area contributed by atoms with E-state index in [1.54, 1.807) is 11.8 Å². The van der Waals surface area contributed by atoms with Crippen LogP contribution in [0, 0.1) is 0 Å². The second kappa shape index (κ2) is 5.97. The first kappa shape index (κ1) is 14.7. The van der Waals surface area contributed by atoms with Crippen LogP contribution < -0.4 is 10.9 Å². The van der Waals surface area contributed by atoms with Gasteiger partial charge in [-0.1, -0.05) is 23.9 Å². The third-order valence-corrected chi connectivity index (χ3v) is 4.62. The molecule has 3 aromatic rings. The van der Waals surface area contributed by atoms with Crippen molar-refractivity contribution in [3.05, 3.63) is 58.6 Å². The van der Waals surface area contributed by atoms with Gasteiger partial charge < -0.3 is 9.88 Å². The number of nitrogens with one attached hydrogen (secondary N) is 2. The van der Waals surface area contributed by atoms with Gasteiger partial charge in [0.1, 0.15) is 5.69 Å². The minimum absolute atomic E-state index is 0.154. The maximum Gasteiger partial charge on any atom is 0.276 e. The Morgan fingerprint density at radius 1 is 1.21 bits per heavy atom. The Morgan fingerprint density at radius 2 is 2.04 bits per heavy atom. The molecule has 0 radical (unpaired) electrons. The van der Waals surface area contributed by atoms with Crippen molar-refractivity contribution in [2.45, 2.75) is 11.7 Å². The van der Waals surface area contributed by atoms with Crippen LogP contribution in [0.1, 0.15) is 10.5 Å². The number of thioether (sulfide) groups is 1. The second-order valence-corrected chi connectivity index (χ2v) is 6.35. The number of imidazole rings is 1. The number of carbonyl (C=O) groups is 1. The maximum absolute atomic E-state index is 12.1. The van der Waals surface area contributed by atoms with Crippen LogP contribution in [0.2, 0.25) is 0 Å². The number of H-pyrrole nitrogens is 1. The number of amides is 1. The highest BCUT2D eigenvalue weighted by molar-refractivity contribution is 7.99. The van der Waals surface area contributed by atoms with Crippen LogP contribution in [0.3, 0.4) is 0 Å². The van der Waals surface area contributed by atoms with Crippen LogP contribution in [0.5, 0.6) is 0 Å². The third kappa shape index (κ3) is 2.83. The van der Waals surface area contributed by atoms with Gasteiger partial charge in [0.05, 0.1) is 5.69 Å². The number of hydrogen-bond donors (Lipinski definition) is 2. The monoisotopic (exact) mass is 339 g/mol. The number of anilines is 1. The van der Waals surface area contributed by atoms with Gasteiger partial charge in [0.15, 0.2) is 5.16 Å². The van der Waals surface area contributed by atoms with Crippen LogP contribution in [0.25, 0.3) is 11.3 Å². The summed E-state index contributed by atoms with van der Waals surface area (Å²) in [5.74, 6) is 0.697. The molecule has 0 aliphatic carbocycles. The molecule has 2 aromatic heterocycles. The lowest BCUT2D eigenvalue weighted by molar-refractivity contribution is 0.102. The van der Waals surface area contributed by atoms with Crippen LogP contribution in [0.4, 0.5) is 5.69 Å². The number of carbonyl (C=O) groups excluding carboxylic acids is 1. The van der Waals surface area contributed by atoms with Crippen molar-refractivity contribution >= 4 is 23.4 Å². The minimum atomic E-state index is -0.378. The molecule has 120 valence electrons. The first-order valence-corrected chi connectivity index (χ1v) is 8.35. The fourth-order valence-electron chi connectivity index (χ4n) is 2.44. The lowest BCUT2D eigenvalue weighted by Crippen LogP contribution is -2.17. The maximum atomic E-state index is 12.1. The smallest absolute Gasteiger partial charge is 0.276 e. The Kier molecular flexibility index (Phi) is 3.66. The molecule has 1 aromatic carbocycles. The molecular formula is C16H13N5O2S. The summed E-state index contributed by atoms with van der Waals surface area (Å²) in [5, 5.41) is 9.73. The van der Waals surface area contributed by atoms with Gasteiger partial charge >= 0.3 is 0 Å². The van der Waals surface area contributed by atoms with Gasteiger partial charge in [-0.2, -0.15) is 5.10 Å². The van der Waals surface area contributed by atoms with Crippen molar-refractivity contribution in [1.82, 2.24) is 19.7 Å². The molecule has 1 aliphatic rings. The lowest BCUT2D eigenvalue weighted by atomic mass is 10.1. The summed E-state index contributed by atoms with van der Waals surface area (Å²) in [4.78, 5) is 27.6.